The first-order chi connectivity index (χ1) is 21.4. The summed E-state index contributed by atoms with van der Waals surface area (Å²) in [5.41, 5.74) is 2.37. The molecule has 0 spiro atoms. The minimum Gasteiger partial charge on any atom is -0.381 e. The summed E-state index contributed by atoms with van der Waals surface area (Å²) >= 11 is 1.62. The van der Waals surface area contributed by atoms with Gasteiger partial charge in [0.15, 0.2) is 0 Å². The molecule has 4 atom stereocenters. The van der Waals surface area contributed by atoms with Crippen molar-refractivity contribution in [3.8, 4) is 0 Å². The van der Waals surface area contributed by atoms with Crippen molar-refractivity contribution in [2.45, 2.75) is 104 Å². The van der Waals surface area contributed by atoms with Crippen molar-refractivity contribution in [1.82, 2.24) is 20.4 Å². The molecular formula is C35H55N5O4S. The molecule has 45 heavy (non-hydrogen) atoms. The Morgan fingerprint density at radius 1 is 1.09 bits per heavy atom. The van der Waals surface area contributed by atoms with Crippen molar-refractivity contribution in [3.05, 3.63) is 41.1 Å². The third-order valence-corrected chi connectivity index (χ3v) is 9.90. The molecule has 0 bridgehead atoms. The number of amides is 3. The average Bonchev–Trinajstić information content (AvgIpc) is 3.66. The lowest BCUT2D eigenvalue weighted by Gasteiger charge is -2.35. The predicted octanol–water partition coefficient (Wildman–Crippen LogP) is 5.42. The number of rotatable bonds is 15. The van der Waals surface area contributed by atoms with Crippen LogP contribution in [0.4, 0.5) is 0 Å². The Kier molecular flexibility index (Phi) is 14.1. The number of carbonyl (C=O) groups is 3. The van der Waals surface area contributed by atoms with E-state index in [4.69, 9.17) is 4.74 Å². The highest BCUT2D eigenvalue weighted by Gasteiger charge is 2.42. The lowest BCUT2D eigenvalue weighted by atomic mass is 9.85. The Morgan fingerprint density at radius 3 is 2.38 bits per heavy atom. The van der Waals surface area contributed by atoms with Crippen molar-refractivity contribution >= 4 is 41.1 Å². The zero-order chi connectivity index (χ0) is 33.1. The SMILES string of the molecule is C=N/C(C)=C(\SC)c1ccc([C@H](C)NC(=O)[C@@H]2CCCN2C(=O)[C@@H](NC(=O)CCOCCCN2CCC[C@H]2C)C(C)(C)C)cc1. The molecule has 1 aromatic rings. The van der Waals surface area contributed by atoms with Gasteiger partial charge in [0.1, 0.15) is 12.1 Å². The van der Waals surface area contributed by atoms with E-state index in [1.54, 1.807) is 16.7 Å². The number of hydrogen-bond donors (Lipinski definition) is 2. The molecule has 0 radical (unpaired) electrons. The van der Waals surface area contributed by atoms with E-state index < -0.39 is 17.5 Å². The Balaban J connectivity index is 1.54. The molecule has 0 saturated carbocycles. The second-order valence-electron chi connectivity index (χ2n) is 13.4. The summed E-state index contributed by atoms with van der Waals surface area (Å²) < 4.78 is 5.74. The van der Waals surface area contributed by atoms with E-state index in [0.29, 0.717) is 32.2 Å². The standard InChI is InChI=1S/C35H55N5O4S/c1-24-12-9-19-39(24)20-11-22-44-23-18-30(41)38-32(35(4,5)6)34(43)40-21-10-13-29(40)33(42)37-25(2)27-14-16-28(17-15-27)31(45-8)26(3)36-7/h14-17,24-25,29,32H,7,9-13,18-23H2,1-6,8H3,(H,37,42)(H,38,41)/b31-26-/t24-,25+,29+,32-/m1/s1. The molecule has 10 heteroatoms. The van der Waals surface area contributed by atoms with E-state index in [-0.39, 0.29) is 30.2 Å². The highest BCUT2D eigenvalue weighted by Crippen LogP contribution is 2.30. The van der Waals surface area contributed by atoms with Crippen LogP contribution in [0.5, 0.6) is 0 Å². The molecule has 2 saturated heterocycles. The molecule has 2 fully saturated rings. The van der Waals surface area contributed by atoms with Crippen LogP contribution in [0.25, 0.3) is 4.91 Å². The van der Waals surface area contributed by atoms with Gasteiger partial charge in [0.2, 0.25) is 17.7 Å². The zero-order valence-electron chi connectivity index (χ0n) is 28.5. The highest BCUT2D eigenvalue weighted by molar-refractivity contribution is 8.07. The molecule has 3 rings (SSSR count). The second kappa shape index (κ2) is 17.3. The lowest BCUT2D eigenvalue weighted by Crippen LogP contribution is -2.57. The number of ether oxygens (including phenoxy) is 1. The first-order valence-electron chi connectivity index (χ1n) is 16.4. The molecule has 250 valence electrons. The van der Waals surface area contributed by atoms with Crippen LogP contribution in [0, 0.1) is 5.41 Å². The average molecular weight is 642 g/mol. The maximum absolute atomic E-state index is 13.9. The van der Waals surface area contributed by atoms with E-state index in [0.717, 1.165) is 47.7 Å². The molecule has 2 N–H and O–H groups in total. The molecule has 2 heterocycles. The van der Waals surface area contributed by atoms with Gasteiger partial charge in [-0.15, -0.1) is 11.8 Å². The van der Waals surface area contributed by atoms with Crippen molar-refractivity contribution in [2.24, 2.45) is 10.4 Å². The summed E-state index contributed by atoms with van der Waals surface area (Å²) in [7, 11) is 0. The van der Waals surface area contributed by atoms with Crippen molar-refractivity contribution in [1.29, 1.82) is 0 Å². The lowest BCUT2D eigenvalue weighted by molar-refractivity contribution is -0.144. The van der Waals surface area contributed by atoms with E-state index in [9.17, 15) is 14.4 Å². The maximum atomic E-state index is 13.9. The van der Waals surface area contributed by atoms with Crippen LogP contribution in [-0.4, -0.2) is 91.5 Å². The number of allylic oxidation sites excluding steroid dienone is 1. The molecular weight excluding hydrogens is 586 g/mol. The first-order valence-corrected chi connectivity index (χ1v) is 17.6. The topological polar surface area (TPSA) is 103 Å². The van der Waals surface area contributed by atoms with Crippen LogP contribution in [0.3, 0.4) is 0 Å². The third kappa shape index (κ3) is 10.4. The molecule has 0 aromatic heterocycles. The second-order valence-corrected chi connectivity index (χ2v) is 14.2. The summed E-state index contributed by atoms with van der Waals surface area (Å²) in [6.07, 6.45) is 7.00. The Labute approximate surface area is 275 Å². The van der Waals surface area contributed by atoms with Crippen LogP contribution >= 0.6 is 11.8 Å². The molecule has 9 nitrogen and oxygen atoms in total. The molecule has 3 amide bonds. The number of benzene rings is 1. The van der Waals surface area contributed by atoms with Gasteiger partial charge in [-0.25, -0.2) is 0 Å². The number of nitrogens with one attached hydrogen (secondary N) is 2. The normalized spacial score (nSPS) is 20.8. The van der Waals surface area contributed by atoms with Gasteiger partial charge in [-0.05, 0) is 88.9 Å². The predicted molar refractivity (Wildman–Crippen MR) is 185 cm³/mol. The number of hydrogen-bond acceptors (Lipinski definition) is 7. The number of nitrogens with zero attached hydrogens (tertiary/aromatic N) is 3. The van der Waals surface area contributed by atoms with Crippen molar-refractivity contribution < 1.29 is 19.1 Å². The van der Waals surface area contributed by atoms with Crippen LogP contribution < -0.4 is 10.6 Å². The summed E-state index contributed by atoms with van der Waals surface area (Å²) in [6.45, 7) is 19.2. The molecule has 1 aromatic carbocycles. The smallest absolute Gasteiger partial charge is 0.246 e. The summed E-state index contributed by atoms with van der Waals surface area (Å²) in [5.74, 6) is -0.606. The fourth-order valence-corrected chi connectivity index (χ4v) is 6.91. The number of thioether (sulfide) groups is 1. The highest BCUT2D eigenvalue weighted by atomic mass is 32.2. The van der Waals surface area contributed by atoms with Gasteiger partial charge in [-0.1, -0.05) is 45.0 Å². The Hall–Kier alpha value is -2.69. The monoisotopic (exact) mass is 641 g/mol. The first kappa shape index (κ1) is 36.8. The van der Waals surface area contributed by atoms with E-state index >= 15 is 0 Å². The number of aliphatic imine (C=N–C) groups is 1. The van der Waals surface area contributed by atoms with Crippen LogP contribution in [0.2, 0.25) is 0 Å². The molecule has 2 aliphatic heterocycles. The largest absolute Gasteiger partial charge is 0.381 e. The Morgan fingerprint density at radius 2 is 1.78 bits per heavy atom. The zero-order valence-corrected chi connectivity index (χ0v) is 29.3. The summed E-state index contributed by atoms with van der Waals surface area (Å²) in [5, 5.41) is 6.08. The van der Waals surface area contributed by atoms with Gasteiger partial charge in [0, 0.05) is 37.1 Å². The molecule has 0 aliphatic carbocycles. The maximum Gasteiger partial charge on any atom is 0.246 e. The van der Waals surface area contributed by atoms with Crippen LogP contribution in [-0.2, 0) is 19.1 Å². The number of carbonyl (C=O) groups excluding carboxylic acids is 3. The molecule has 0 unspecified atom stereocenters. The number of likely N-dealkylation sites (tertiary alicyclic amines) is 2. The van der Waals surface area contributed by atoms with E-state index in [2.05, 4.69) is 34.2 Å². The van der Waals surface area contributed by atoms with Crippen molar-refractivity contribution in [3.63, 3.8) is 0 Å². The van der Waals surface area contributed by atoms with E-state index in [1.165, 1.54) is 12.8 Å². The molecule has 2 aliphatic rings. The van der Waals surface area contributed by atoms with Gasteiger partial charge in [-0.2, -0.15) is 0 Å². The summed E-state index contributed by atoms with van der Waals surface area (Å²) in [4.78, 5) is 49.5. The quantitative estimate of drug-likeness (QED) is 0.196. The minimum atomic E-state index is -0.743. The van der Waals surface area contributed by atoms with Gasteiger partial charge in [0.05, 0.1) is 18.3 Å². The summed E-state index contributed by atoms with van der Waals surface area (Å²) in [6, 6.07) is 7.16. The van der Waals surface area contributed by atoms with E-state index in [1.807, 2.05) is 65.1 Å². The van der Waals surface area contributed by atoms with Crippen LogP contribution in [0.15, 0.2) is 35.0 Å². The third-order valence-electron chi connectivity index (χ3n) is 8.96. The Bertz CT molecular complexity index is 1200. The minimum absolute atomic E-state index is 0.176. The van der Waals surface area contributed by atoms with Crippen LogP contribution in [0.1, 0.15) is 97.2 Å². The van der Waals surface area contributed by atoms with Gasteiger partial charge < -0.3 is 25.2 Å². The fraction of sp³-hybridized carbons (Fsp3) is 0.657. The van der Waals surface area contributed by atoms with Gasteiger partial charge in [-0.3, -0.25) is 19.4 Å². The van der Waals surface area contributed by atoms with Gasteiger partial charge >= 0.3 is 0 Å². The van der Waals surface area contributed by atoms with Crippen molar-refractivity contribution in [2.75, 3.05) is 39.1 Å². The van der Waals surface area contributed by atoms with Gasteiger partial charge in [0.25, 0.3) is 0 Å². The fourth-order valence-electron chi connectivity index (χ4n) is 6.17.